The highest BCUT2D eigenvalue weighted by Gasteiger charge is 2.04. The summed E-state index contributed by atoms with van der Waals surface area (Å²) in [5.41, 5.74) is 9.71. The van der Waals surface area contributed by atoms with Crippen LogP contribution in [-0.2, 0) is 0 Å². The maximum atomic E-state index is 5.68. The number of aryl methyl sites for hydroxylation is 2. The van der Waals surface area contributed by atoms with Crippen molar-refractivity contribution in [3.05, 3.63) is 35.7 Å². The van der Waals surface area contributed by atoms with Crippen LogP contribution in [0.1, 0.15) is 11.3 Å². The van der Waals surface area contributed by atoms with E-state index >= 15 is 0 Å². The molecule has 0 aliphatic heterocycles. The normalized spacial score (nSPS) is 10.4. The minimum Gasteiger partial charge on any atom is -0.399 e. The molecule has 2 aromatic rings. The third-order valence-corrected chi connectivity index (χ3v) is 2.21. The third kappa shape index (κ3) is 1.48. The first-order valence-electron chi connectivity index (χ1n) is 4.55. The van der Waals surface area contributed by atoms with Gasteiger partial charge in [0.2, 0.25) is 0 Å². The second-order valence-corrected chi connectivity index (χ2v) is 3.46. The van der Waals surface area contributed by atoms with Gasteiger partial charge < -0.3 is 10.7 Å². The number of nitrogens with two attached hydrogens (primary N) is 1. The lowest BCUT2D eigenvalue weighted by atomic mass is 10.1. The summed E-state index contributed by atoms with van der Waals surface area (Å²) in [6, 6.07) is 5.83. The quantitative estimate of drug-likeness (QED) is 0.673. The minimum atomic E-state index is 0.787. The molecule has 1 heterocycles. The van der Waals surface area contributed by atoms with Crippen LogP contribution in [0.3, 0.4) is 0 Å². The van der Waals surface area contributed by atoms with E-state index < -0.39 is 0 Å². The topological polar surface area (TPSA) is 54.7 Å². The Labute approximate surface area is 83.0 Å². The fourth-order valence-electron chi connectivity index (χ4n) is 1.50. The summed E-state index contributed by atoms with van der Waals surface area (Å²) in [5, 5.41) is 0. The van der Waals surface area contributed by atoms with Gasteiger partial charge in [-0.25, -0.2) is 4.98 Å². The molecule has 0 fully saturated rings. The van der Waals surface area contributed by atoms with Crippen molar-refractivity contribution in [3.8, 4) is 11.4 Å². The van der Waals surface area contributed by atoms with Crippen molar-refractivity contribution in [1.29, 1.82) is 0 Å². The van der Waals surface area contributed by atoms with Gasteiger partial charge in [-0.15, -0.1) is 0 Å². The van der Waals surface area contributed by atoms with E-state index in [0.29, 0.717) is 0 Å². The molecule has 1 aromatic carbocycles. The van der Waals surface area contributed by atoms with Crippen molar-refractivity contribution in [2.45, 2.75) is 13.8 Å². The van der Waals surface area contributed by atoms with Crippen molar-refractivity contribution in [1.82, 2.24) is 9.97 Å². The van der Waals surface area contributed by atoms with Gasteiger partial charge in [-0.1, -0.05) is 0 Å². The average Bonchev–Trinajstić information content (AvgIpc) is 2.51. The zero-order valence-electron chi connectivity index (χ0n) is 8.33. The number of nitrogen functional groups attached to an aromatic ring is 1. The molecular weight excluding hydrogens is 174 g/mol. The summed E-state index contributed by atoms with van der Waals surface area (Å²) in [6.45, 7) is 4.00. The molecule has 0 atom stereocenters. The molecule has 0 saturated carbocycles. The van der Waals surface area contributed by atoms with E-state index in [4.69, 9.17) is 5.73 Å². The molecular formula is C11H13N3. The minimum absolute atomic E-state index is 0.787. The number of hydrogen-bond acceptors (Lipinski definition) is 2. The van der Waals surface area contributed by atoms with Crippen molar-refractivity contribution in [3.63, 3.8) is 0 Å². The summed E-state index contributed by atoms with van der Waals surface area (Å²) < 4.78 is 0. The van der Waals surface area contributed by atoms with E-state index in [2.05, 4.69) is 9.97 Å². The number of benzene rings is 1. The number of imidazole rings is 1. The Morgan fingerprint density at radius 3 is 2.64 bits per heavy atom. The first-order chi connectivity index (χ1) is 6.66. The Kier molecular flexibility index (Phi) is 2.00. The monoisotopic (exact) mass is 187 g/mol. The van der Waals surface area contributed by atoms with Gasteiger partial charge in [0.05, 0.1) is 5.69 Å². The van der Waals surface area contributed by atoms with E-state index in [0.717, 1.165) is 28.3 Å². The van der Waals surface area contributed by atoms with Gasteiger partial charge in [-0.05, 0) is 37.6 Å². The molecule has 1 aromatic heterocycles. The smallest absolute Gasteiger partial charge is 0.137 e. The molecule has 2 rings (SSSR count). The van der Waals surface area contributed by atoms with Crippen molar-refractivity contribution >= 4 is 5.69 Å². The lowest BCUT2D eigenvalue weighted by molar-refractivity contribution is 1.24. The van der Waals surface area contributed by atoms with E-state index in [1.54, 1.807) is 0 Å². The number of hydrogen-bond donors (Lipinski definition) is 2. The summed E-state index contributed by atoms with van der Waals surface area (Å²) >= 11 is 0. The Morgan fingerprint density at radius 1 is 1.29 bits per heavy atom. The molecule has 0 radical (unpaired) electrons. The van der Waals surface area contributed by atoms with E-state index in [1.807, 2.05) is 38.2 Å². The lowest BCUT2D eigenvalue weighted by Crippen LogP contribution is -1.89. The highest BCUT2D eigenvalue weighted by molar-refractivity contribution is 5.63. The third-order valence-electron chi connectivity index (χ3n) is 2.21. The molecule has 0 saturated heterocycles. The molecule has 0 aliphatic rings. The van der Waals surface area contributed by atoms with Crippen LogP contribution < -0.4 is 5.73 Å². The van der Waals surface area contributed by atoms with Gasteiger partial charge in [-0.2, -0.15) is 0 Å². The largest absolute Gasteiger partial charge is 0.399 e. The lowest BCUT2D eigenvalue weighted by Gasteiger charge is -2.03. The number of H-pyrrole nitrogens is 1. The fourth-order valence-corrected chi connectivity index (χ4v) is 1.50. The van der Waals surface area contributed by atoms with Crippen LogP contribution in [0, 0.1) is 13.8 Å². The first kappa shape index (κ1) is 8.81. The zero-order chi connectivity index (χ0) is 10.1. The standard InChI is InChI=1S/C11H13N3/c1-7-5-9(12)3-4-10(7)11-13-6-8(2)14-11/h3-6H,12H2,1-2H3,(H,13,14). The van der Waals surface area contributed by atoms with E-state index in [-0.39, 0.29) is 0 Å². The maximum absolute atomic E-state index is 5.68. The number of aromatic amines is 1. The van der Waals surface area contributed by atoms with Crippen LogP contribution in [0.15, 0.2) is 24.4 Å². The Bertz CT molecular complexity index is 457. The molecule has 0 unspecified atom stereocenters. The number of rotatable bonds is 1. The van der Waals surface area contributed by atoms with Gasteiger partial charge >= 0.3 is 0 Å². The number of nitrogens with zero attached hydrogens (tertiary/aromatic N) is 1. The first-order valence-corrected chi connectivity index (χ1v) is 4.55. The molecule has 0 spiro atoms. The van der Waals surface area contributed by atoms with Crippen molar-refractivity contribution in [2.75, 3.05) is 5.73 Å². The number of aromatic nitrogens is 2. The second kappa shape index (κ2) is 3.18. The number of nitrogens with one attached hydrogen (secondary N) is 1. The molecule has 72 valence electrons. The zero-order valence-corrected chi connectivity index (χ0v) is 8.33. The fraction of sp³-hybridized carbons (Fsp3) is 0.182. The van der Waals surface area contributed by atoms with Gasteiger partial charge in [0.1, 0.15) is 5.82 Å². The van der Waals surface area contributed by atoms with Crippen LogP contribution >= 0.6 is 0 Å². The highest BCUT2D eigenvalue weighted by Crippen LogP contribution is 2.22. The Morgan fingerprint density at radius 2 is 2.07 bits per heavy atom. The molecule has 14 heavy (non-hydrogen) atoms. The Hall–Kier alpha value is -1.77. The van der Waals surface area contributed by atoms with Crippen molar-refractivity contribution < 1.29 is 0 Å². The molecule has 3 nitrogen and oxygen atoms in total. The van der Waals surface area contributed by atoms with Gasteiger partial charge in [-0.3, -0.25) is 0 Å². The maximum Gasteiger partial charge on any atom is 0.137 e. The van der Waals surface area contributed by atoms with Gasteiger partial charge in [0.15, 0.2) is 0 Å². The van der Waals surface area contributed by atoms with E-state index in [1.165, 1.54) is 0 Å². The summed E-state index contributed by atoms with van der Waals surface area (Å²) in [5.74, 6) is 0.903. The molecule has 3 heteroatoms. The molecule has 3 N–H and O–H groups in total. The second-order valence-electron chi connectivity index (χ2n) is 3.46. The number of anilines is 1. The van der Waals surface area contributed by atoms with Crippen LogP contribution in [0.4, 0.5) is 5.69 Å². The molecule has 0 bridgehead atoms. The van der Waals surface area contributed by atoms with Crippen LogP contribution in [-0.4, -0.2) is 9.97 Å². The summed E-state index contributed by atoms with van der Waals surface area (Å²) in [7, 11) is 0. The average molecular weight is 187 g/mol. The Balaban J connectivity index is 2.52. The highest BCUT2D eigenvalue weighted by atomic mass is 14.9. The SMILES string of the molecule is Cc1c[nH]c(-c2ccc(N)cc2C)n1. The van der Waals surface area contributed by atoms with Crippen LogP contribution in [0.5, 0.6) is 0 Å². The predicted molar refractivity (Wildman–Crippen MR) is 57.9 cm³/mol. The summed E-state index contributed by atoms with van der Waals surface area (Å²) in [4.78, 5) is 7.51. The van der Waals surface area contributed by atoms with Gasteiger partial charge in [0.25, 0.3) is 0 Å². The van der Waals surface area contributed by atoms with Crippen LogP contribution in [0.2, 0.25) is 0 Å². The molecule has 0 aliphatic carbocycles. The predicted octanol–water partition coefficient (Wildman–Crippen LogP) is 2.28. The van der Waals surface area contributed by atoms with E-state index in [9.17, 15) is 0 Å². The summed E-state index contributed by atoms with van der Waals surface area (Å²) in [6.07, 6.45) is 1.89. The van der Waals surface area contributed by atoms with Crippen molar-refractivity contribution in [2.24, 2.45) is 0 Å². The molecule has 0 amide bonds. The van der Waals surface area contributed by atoms with Gasteiger partial charge in [0, 0.05) is 17.4 Å². The van der Waals surface area contributed by atoms with Crippen LogP contribution in [0.25, 0.3) is 11.4 Å².